The molecule has 8 heteroatoms. The second-order valence-corrected chi connectivity index (χ2v) is 5.89. The van der Waals surface area contributed by atoms with Crippen molar-refractivity contribution in [2.24, 2.45) is 0 Å². The second kappa shape index (κ2) is 10.1. The summed E-state index contributed by atoms with van der Waals surface area (Å²) in [5.41, 5.74) is 0.938. The first-order valence-electron chi connectivity index (χ1n) is 8.53. The Morgan fingerprint density at radius 2 is 1.79 bits per heavy atom. The van der Waals surface area contributed by atoms with E-state index in [1.54, 1.807) is 31.4 Å². The van der Waals surface area contributed by atoms with Crippen molar-refractivity contribution in [3.63, 3.8) is 0 Å². The van der Waals surface area contributed by atoms with Gasteiger partial charge in [-0.15, -0.1) is 0 Å². The number of carbonyl (C=O) groups excluding carboxylic acids is 3. The lowest BCUT2D eigenvalue weighted by Gasteiger charge is -2.14. The predicted molar refractivity (Wildman–Crippen MR) is 99.1 cm³/mol. The van der Waals surface area contributed by atoms with Gasteiger partial charge in [0.15, 0.2) is 6.10 Å². The first-order valence-corrected chi connectivity index (χ1v) is 8.53. The molecule has 1 atom stereocenters. The van der Waals surface area contributed by atoms with Crippen LogP contribution in [0, 0.1) is 5.82 Å². The minimum Gasteiger partial charge on any atom is -0.497 e. The van der Waals surface area contributed by atoms with Crippen molar-refractivity contribution in [2.45, 2.75) is 19.6 Å². The van der Waals surface area contributed by atoms with E-state index >= 15 is 0 Å². The van der Waals surface area contributed by atoms with Crippen LogP contribution in [0.1, 0.15) is 22.8 Å². The van der Waals surface area contributed by atoms with E-state index in [1.807, 2.05) is 0 Å². The van der Waals surface area contributed by atoms with Gasteiger partial charge in [0.25, 0.3) is 11.8 Å². The number of amides is 2. The van der Waals surface area contributed by atoms with Gasteiger partial charge in [0.2, 0.25) is 0 Å². The predicted octanol–water partition coefficient (Wildman–Crippen LogP) is 1.81. The monoisotopic (exact) mass is 388 g/mol. The van der Waals surface area contributed by atoms with Crippen LogP contribution < -0.4 is 15.4 Å². The van der Waals surface area contributed by atoms with Gasteiger partial charge in [0.1, 0.15) is 18.1 Å². The molecule has 0 saturated carbocycles. The molecule has 0 radical (unpaired) electrons. The Kier molecular flexibility index (Phi) is 7.50. The van der Waals surface area contributed by atoms with Crippen LogP contribution in [0.25, 0.3) is 0 Å². The molecule has 0 heterocycles. The highest BCUT2D eigenvalue weighted by Crippen LogP contribution is 2.11. The van der Waals surface area contributed by atoms with Crippen LogP contribution in [0.3, 0.4) is 0 Å². The normalized spacial score (nSPS) is 11.2. The molecule has 2 aromatic carbocycles. The minimum atomic E-state index is -1.03. The maximum atomic E-state index is 13.1. The molecule has 0 spiro atoms. The van der Waals surface area contributed by atoms with Gasteiger partial charge in [-0.3, -0.25) is 14.4 Å². The lowest BCUT2D eigenvalue weighted by Crippen LogP contribution is -2.38. The van der Waals surface area contributed by atoms with E-state index in [9.17, 15) is 18.8 Å². The standard InChI is InChI=1S/C20H21FN2O5/c1-13(19(25)22-11-14-6-8-17(27-2)9-7-14)28-18(24)12-23-20(26)15-4-3-5-16(21)10-15/h3-10,13H,11-12H2,1-2H3,(H,22,25)(H,23,26)/t13-/m1/s1. The van der Waals surface area contributed by atoms with Crippen molar-refractivity contribution < 1.29 is 28.2 Å². The Morgan fingerprint density at radius 1 is 1.07 bits per heavy atom. The van der Waals surface area contributed by atoms with E-state index in [0.717, 1.165) is 11.6 Å². The molecule has 7 nitrogen and oxygen atoms in total. The lowest BCUT2D eigenvalue weighted by molar-refractivity contribution is -0.153. The number of nitrogens with one attached hydrogen (secondary N) is 2. The third-order valence-corrected chi connectivity index (χ3v) is 3.78. The summed E-state index contributed by atoms with van der Waals surface area (Å²) in [6, 6.07) is 12.2. The molecule has 0 unspecified atom stereocenters. The quantitative estimate of drug-likeness (QED) is 0.673. The van der Waals surface area contributed by atoms with Crippen molar-refractivity contribution in [1.82, 2.24) is 10.6 Å². The Labute approximate surface area is 161 Å². The maximum absolute atomic E-state index is 13.1. The molecule has 0 aromatic heterocycles. The molecule has 148 valence electrons. The zero-order valence-electron chi connectivity index (χ0n) is 15.5. The highest BCUT2D eigenvalue weighted by atomic mass is 19.1. The molecule has 0 saturated heterocycles. The summed E-state index contributed by atoms with van der Waals surface area (Å²) < 4.78 is 23.1. The number of halogens is 1. The molecule has 0 aliphatic heterocycles. The number of esters is 1. The molecule has 0 fully saturated rings. The Morgan fingerprint density at radius 3 is 2.43 bits per heavy atom. The maximum Gasteiger partial charge on any atom is 0.326 e. The van der Waals surface area contributed by atoms with E-state index in [4.69, 9.17) is 9.47 Å². The molecule has 2 rings (SSSR count). The molecule has 28 heavy (non-hydrogen) atoms. The number of benzene rings is 2. The van der Waals surface area contributed by atoms with Gasteiger partial charge in [-0.25, -0.2) is 4.39 Å². The second-order valence-electron chi connectivity index (χ2n) is 5.89. The number of hydrogen-bond acceptors (Lipinski definition) is 5. The molecule has 0 aliphatic carbocycles. The Hall–Kier alpha value is -3.42. The summed E-state index contributed by atoms with van der Waals surface area (Å²) >= 11 is 0. The minimum absolute atomic E-state index is 0.0816. The van der Waals surface area contributed by atoms with Crippen LogP contribution in [0.15, 0.2) is 48.5 Å². The number of hydrogen-bond donors (Lipinski definition) is 2. The Balaban J connectivity index is 1.74. The van der Waals surface area contributed by atoms with Gasteiger partial charge in [0.05, 0.1) is 7.11 Å². The molecule has 0 bridgehead atoms. The van der Waals surface area contributed by atoms with Crippen LogP contribution >= 0.6 is 0 Å². The smallest absolute Gasteiger partial charge is 0.326 e. The summed E-state index contributed by atoms with van der Waals surface area (Å²) in [5, 5.41) is 4.97. The zero-order valence-corrected chi connectivity index (χ0v) is 15.5. The van der Waals surface area contributed by atoms with Gasteiger partial charge in [0, 0.05) is 12.1 Å². The van der Waals surface area contributed by atoms with E-state index in [2.05, 4.69) is 10.6 Å². The number of carbonyl (C=O) groups is 3. The fourth-order valence-corrected chi connectivity index (χ4v) is 2.25. The molecule has 0 aliphatic rings. The van der Waals surface area contributed by atoms with Gasteiger partial charge < -0.3 is 20.1 Å². The van der Waals surface area contributed by atoms with Crippen molar-refractivity contribution in [2.75, 3.05) is 13.7 Å². The average Bonchev–Trinajstić information content (AvgIpc) is 2.70. The molecule has 2 aromatic rings. The van der Waals surface area contributed by atoms with Gasteiger partial charge in [-0.05, 0) is 42.8 Å². The fourth-order valence-electron chi connectivity index (χ4n) is 2.25. The van der Waals surface area contributed by atoms with E-state index < -0.39 is 36.2 Å². The highest BCUT2D eigenvalue weighted by molar-refractivity contribution is 5.96. The van der Waals surface area contributed by atoms with Crippen LogP contribution in [0.2, 0.25) is 0 Å². The van der Waals surface area contributed by atoms with Crippen LogP contribution in [0.5, 0.6) is 5.75 Å². The summed E-state index contributed by atoms with van der Waals surface area (Å²) in [7, 11) is 1.56. The molecular weight excluding hydrogens is 367 g/mol. The van der Waals surface area contributed by atoms with Gasteiger partial charge in [-0.1, -0.05) is 18.2 Å². The summed E-state index contributed by atoms with van der Waals surface area (Å²) in [6.45, 7) is 1.25. The summed E-state index contributed by atoms with van der Waals surface area (Å²) in [6.07, 6.45) is -1.03. The number of methoxy groups -OCH3 is 1. The van der Waals surface area contributed by atoms with E-state index in [1.165, 1.54) is 25.1 Å². The van der Waals surface area contributed by atoms with Crippen molar-refractivity contribution in [3.05, 3.63) is 65.5 Å². The largest absolute Gasteiger partial charge is 0.497 e. The van der Waals surface area contributed by atoms with Gasteiger partial charge >= 0.3 is 5.97 Å². The first kappa shape index (κ1) is 20.9. The lowest BCUT2D eigenvalue weighted by atomic mass is 10.2. The summed E-state index contributed by atoms with van der Waals surface area (Å²) in [5.74, 6) is -1.72. The van der Waals surface area contributed by atoms with Crippen LogP contribution in [-0.4, -0.2) is 37.5 Å². The Bertz CT molecular complexity index is 839. The summed E-state index contributed by atoms with van der Waals surface area (Å²) in [4.78, 5) is 35.7. The topological polar surface area (TPSA) is 93.7 Å². The van der Waals surface area contributed by atoms with Crippen molar-refractivity contribution in [1.29, 1.82) is 0 Å². The zero-order chi connectivity index (χ0) is 20.5. The van der Waals surface area contributed by atoms with E-state index in [-0.39, 0.29) is 12.1 Å². The molecule has 2 amide bonds. The van der Waals surface area contributed by atoms with Crippen LogP contribution in [0.4, 0.5) is 4.39 Å². The van der Waals surface area contributed by atoms with Gasteiger partial charge in [-0.2, -0.15) is 0 Å². The van der Waals surface area contributed by atoms with E-state index in [0.29, 0.717) is 5.75 Å². The van der Waals surface area contributed by atoms with Crippen molar-refractivity contribution in [3.8, 4) is 5.75 Å². The van der Waals surface area contributed by atoms with Crippen molar-refractivity contribution >= 4 is 17.8 Å². The SMILES string of the molecule is COc1ccc(CNC(=O)[C@@H](C)OC(=O)CNC(=O)c2cccc(F)c2)cc1. The third-order valence-electron chi connectivity index (χ3n) is 3.78. The average molecular weight is 388 g/mol. The van der Waals surface area contributed by atoms with Crippen LogP contribution in [-0.2, 0) is 20.9 Å². The number of rotatable bonds is 8. The fraction of sp³-hybridized carbons (Fsp3) is 0.250. The number of ether oxygens (including phenoxy) is 2. The molecule has 2 N–H and O–H groups in total. The highest BCUT2D eigenvalue weighted by Gasteiger charge is 2.18. The third kappa shape index (κ3) is 6.39. The first-order chi connectivity index (χ1) is 13.4. The molecular formula is C20H21FN2O5.